The Morgan fingerprint density at radius 2 is 0.797 bits per heavy atom. The summed E-state index contributed by atoms with van der Waals surface area (Å²) >= 11 is 0. The van der Waals surface area contributed by atoms with Gasteiger partial charge in [0, 0.05) is 37.3 Å². The lowest BCUT2D eigenvalue weighted by Crippen LogP contribution is -2.48. The third kappa shape index (κ3) is 8.66. The fraction of sp³-hybridized carbons (Fsp3) is 0.567. The number of hydrogen-bond donors (Lipinski definition) is 0. The van der Waals surface area contributed by atoms with Gasteiger partial charge < -0.3 is 9.80 Å². The number of nitrogens with zero attached hydrogens (tertiary/aromatic N) is 2. The normalized spacial score (nSPS) is 24.2. The molecule has 4 saturated carbocycles. The predicted molar refractivity (Wildman–Crippen MR) is 270 cm³/mol. The average Bonchev–Trinajstić information content (AvgIpc) is 3.21. The van der Waals surface area contributed by atoms with Gasteiger partial charge in [-0.1, -0.05) is 119 Å². The molecular weight excluding hydrogens is 781 g/mol. The number of piperidine rings is 2. The van der Waals surface area contributed by atoms with Gasteiger partial charge in [0.05, 0.1) is 0 Å². The summed E-state index contributed by atoms with van der Waals surface area (Å²) in [4.78, 5) is 31.8. The standard InChI is InChI=1S/C60H78N2O2/c1-56(2,3)44-24-41(25-45(30-44)57(4,5)6)51-32-48(60-35-38-21-39(36-60)23-40(22-38)37-60)33-52(42-26-46(58(7,8)9)31-47(27-42)59(10,11)12)55(51)43-28-49(61-19-15-13-17-53(61)63)34-50(29-43)62-20-16-14-18-54(62)64/h24-34,38-40H,13-23,35-37H2,1-12H3. The Labute approximate surface area is 387 Å². The molecule has 4 aliphatic carbocycles. The van der Waals surface area contributed by atoms with Crippen LogP contribution in [0.3, 0.4) is 0 Å². The van der Waals surface area contributed by atoms with E-state index in [2.05, 4.69) is 150 Å². The zero-order valence-electron chi connectivity index (χ0n) is 41.7. The Kier molecular flexibility index (Phi) is 11.3. The molecule has 4 bridgehead atoms. The first-order valence-corrected chi connectivity index (χ1v) is 25.2. The van der Waals surface area contributed by atoms with Crippen LogP contribution in [0.1, 0.15) is 188 Å². The van der Waals surface area contributed by atoms with E-state index in [0.29, 0.717) is 25.9 Å². The van der Waals surface area contributed by atoms with Crippen molar-refractivity contribution in [3.8, 4) is 33.4 Å². The molecule has 0 aromatic heterocycles. The van der Waals surface area contributed by atoms with Crippen molar-refractivity contribution < 1.29 is 9.59 Å². The van der Waals surface area contributed by atoms with Crippen LogP contribution in [-0.2, 0) is 36.7 Å². The maximum absolute atomic E-state index is 13.9. The summed E-state index contributed by atoms with van der Waals surface area (Å²) in [6.45, 7) is 29.6. The first kappa shape index (κ1) is 45.0. The van der Waals surface area contributed by atoms with Gasteiger partial charge in [-0.05, 0) is 201 Å². The molecule has 340 valence electrons. The highest BCUT2D eigenvalue weighted by Gasteiger charge is 2.52. The van der Waals surface area contributed by atoms with Gasteiger partial charge in [-0.2, -0.15) is 0 Å². The molecule has 2 saturated heterocycles. The van der Waals surface area contributed by atoms with Gasteiger partial charge >= 0.3 is 0 Å². The Morgan fingerprint density at radius 3 is 1.12 bits per heavy atom. The second kappa shape index (κ2) is 16.0. The SMILES string of the molecule is CC(C)(C)c1cc(-c2cc(C34CC5CC(CC(C5)C3)C4)cc(-c3cc(C(C)(C)C)cc(C(C)(C)C)c3)c2-c2cc(N3CCCCC3=O)cc(N3CCCCC3=O)c2)cc(C(C)(C)C)c1. The minimum absolute atomic E-state index is 0.0600. The molecular formula is C60H78N2O2. The van der Waals surface area contributed by atoms with Crippen LogP contribution in [-0.4, -0.2) is 24.9 Å². The first-order valence-electron chi connectivity index (χ1n) is 25.2. The smallest absolute Gasteiger partial charge is 0.226 e. The molecule has 0 unspecified atom stereocenters. The predicted octanol–water partition coefficient (Wildman–Crippen LogP) is 15.4. The van der Waals surface area contributed by atoms with Crippen molar-refractivity contribution in [1.82, 2.24) is 0 Å². The fourth-order valence-corrected chi connectivity index (χ4v) is 12.7. The van der Waals surface area contributed by atoms with Crippen molar-refractivity contribution in [2.24, 2.45) is 17.8 Å². The highest BCUT2D eigenvalue weighted by Crippen LogP contribution is 2.62. The maximum Gasteiger partial charge on any atom is 0.226 e. The Balaban J connectivity index is 1.43. The molecule has 0 N–H and O–H groups in total. The van der Waals surface area contributed by atoms with Crippen LogP contribution in [0, 0.1) is 17.8 Å². The molecule has 6 aliphatic rings. The molecule has 6 fully saturated rings. The van der Waals surface area contributed by atoms with E-state index in [9.17, 15) is 9.59 Å². The van der Waals surface area contributed by atoms with Gasteiger partial charge in [0.2, 0.25) is 11.8 Å². The highest BCUT2D eigenvalue weighted by molar-refractivity contribution is 6.02. The van der Waals surface area contributed by atoms with Gasteiger partial charge in [0.1, 0.15) is 0 Å². The van der Waals surface area contributed by atoms with Crippen molar-refractivity contribution in [3.63, 3.8) is 0 Å². The molecule has 64 heavy (non-hydrogen) atoms. The molecule has 2 amide bonds. The topological polar surface area (TPSA) is 40.6 Å². The quantitative estimate of drug-likeness (QED) is 0.194. The number of carbonyl (C=O) groups is 2. The summed E-state index contributed by atoms with van der Waals surface area (Å²) < 4.78 is 0. The van der Waals surface area contributed by atoms with Crippen molar-refractivity contribution in [3.05, 3.63) is 94.5 Å². The minimum atomic E-state index is -0.0600. The molecule has 2 heterocycles. The first-order chi connectivity index (χ1) is 29.9. The van der Waals surface area contributed by atoms with Crippen LogP contribution < -0.4 is 9.80 Å². The number of benzene rings is 4. The molecule has 0 radical (unpaired) electrons. The van der Waals surface area contributed by atoms with E-state index >= 15 is 0 Å². The van der Waals surface area contributed by atoms with Crippen LogP contribution >= 0.6 is 0 Å². The van der Waals surface area contributed by atoms with Crippen LogP contribution in [0.4, 0.5) is 11.4 Å². The van der Waals surface area contributed by atoms with Crippen LogP contribution in [0.5, 0.6) is 0 Å². The molecule has 4 aromatic carbocycles. The van der Waals surface area contributed by atoms with Crippen molar-refractivity contribution in [1.29, 1.82) is 0 Å². The van der Waals surface area contributed by atoms with E-state index in [4.69, 9.17) is 0 Å². The van der Waals surface area contributed by atoms with E-state index < -0.39 is 0 Å². The van der Waals surface area contributed by atoms with Gasteiger partial charge in [-0.3, -0.25) is 9.59 Å². The number of amides is 2. The van der Waals surface area contributed by atoms with Crippen molar-refractivity contribution >= 4 is 23.2 Å². The summed E-state index contributed by atoms with van der Waals surface area (Å²) in [6, 6.07) is 27.0. The highest BCUT2D eigenvalue weighted by atomic mass is 16.2. The minimum Gasteiger partial charge on any atom is -0.312 e. The lowest BCUT2D eigenvalue weighted by molar-refractivity contribution is -0.120. The molecule has 4 aromatic rings. The zero-order chi connectivity index (χ0) is 45.7. The van der Waals surface area contributed by atoms with E-state index in [1.54, 1.807) is 0 Å². The third-order valence-electron chi connectivity index (χ3n) is 16.2. The number of carbonyl (C=O) groups excluding carboxylic acids is 2. The van der Waals surface area contributed by atoms with Crippen molar-refractivity contribution in [2.75, 3.05) is 22.9 Å². The summed E-state index contributed by atoms with van der Waals surface area (Å²) in [5.74, 6) is 2.80. The molecule has 0 spiro atoms. The Hall–Kier alpha value is -4.18. The van der Waals surface area contributed by atoms with Crippen LogP contribution in [0.25, 0.3) is 33.4 Å². The van der Waals surface area contributed by atoms with E-state index in [1.165, 1.54) is 94.2 Å². The van der Waals surface area contributed by atoms with Crippen molar-refractivity contribution in [2.45, 2.75) is 187 Å². The second-order valence-corrected chi connectivity index (χ2v) is 25.5. The zero-order valence-corrected chi connectivity index (χ0v) is 41.7. The fourth-order valence-electron chi connectivity index (χ4n) is 12.7. The lowest BCUT2D eigenvalue weighted by atomic mass is 9.48. The van der Waals surface area contributed by atoms with Crippen LogP contribution in [0.15, 0.2) is 66.7 Å². The van der Waals surface area contributed by atoms with E-state index in [0.717, 1.165) is 60.4 Å². The summed E-state index contributed by atoms with van der Waals surface area (Å²) in [6.07, 6.45) is 13.0. The Morgan fingerprint density at radius 1 is 0.438 bits per heavy atom. The molecule has 4 heteroatoms. The van der Waals surface area contributed by atoms with Crippen LogP contribution in [0.2, 0.25) is 0 Å². The second-order valence-electron chi connectivity index (χ2n) is 25.5. The molecule has 0 atom stereocenters. The number of anilines is 2. The van der Waals surface area contributed by atoms with Gasteiger partial charge in [-0.25, -0.2) is 0 Å². The number of rotatable bonds is 6. The maximum atomic E-state index is 13.9. The van der Waals surface area contributed by atoms with E-state index in [1.807, 2.05) is 9.80 Å². The average molecular weight is 859 g/mol. The number of hydrogen-bond acceptors (Lipinski definition) is 2. The summed E-state index contributed by atoms with van der Waals surface area (Å²) in [7, 11) is 0. The van der Waals surface area contributed by atoms with Gasteiger partial charge in [0.25, 0.3) is 0 Å². The molecule has 2 aliphatic heterocycles. The van der Waals surface area contributed by atoms with Gasteiger partial charge in [-0.15, -0.1) is 0 Å². The monoisotopic (exact) mass is 859 g/mol. The molecule has 10 rings (SSSR count). The van der Waals surface area contributed by atoms with Gasteiger partial charge in [0.15, 0.2) is 0 Å². The third-order valence-corrected chi connectivity index (χ3v) is 16.2. The lowest BCUT2D eigenvalue weighted by Gasteiger charge is -2.57. The summed E-state index contributed by atoms with van der Waals surface area (Å²) in [5.41, 5.74) is 16.0. The summed E-state index contributed by atoms with van der Waals surface area (Å²) in [5, 5.41) is 0. The molecule has 4 nitrogen and oxygen atoms in total. The van der Waals surface area contributed by atoms with E-state index in [-0.39, 0.29) is 38.9 Å². The Bertz CT molecular complexity index is 2230. The largest absolute Gasteiger partial charge is 0.312 e.